The van der Waals surface area contributed by atoms with Crippen LogP contribution in [0.5, 0.6) is 0 Å². The van der Waals surface area contributed by atoms with E-state index in [0.29, 0.717) is 23.6 Å². The fraction of sp³-hybridized carbons (Fsp3) is 0.360. The number of halogens is 1. The predicted octanol–water partition coefficient (Wildman–Crippen LogP) is -1.53. The number of hydrogen-bond donors (Lipinski definition) is 6. The Morgan fingerprint density at radius 2 is 2.16 bits per heavy atom. The Labute approximate surface area is 267 Å². The second kappa shape index (κ2) is 13.3. The van der Waals surface area contributed by atoms with Crippen molar-refractivity contribution in [2.75, 3.05) is 36.9 Å². The smallest absolute Gasteiger partial charge is 0.347 e. The molecule has 0 bridgehead atoms. The fourth-order valence-corrected chi connectivity index (χ4v) is 6.81. The number of carbonyl (C=O) groups excluding carboxylic acids is 3. The van der Waals surface area contributed by atoms with Crippen LogP contribution in [-0.2, 0) is 30.6 Å². The molecule has 1 unspecified atom stereocenters. The number of thioether (sulfide) groups is 1. The third kappa shape index (κ3) is 6.65. The molecular formula is C25H27ClN10O7S2. The predicted molar refractivity (Wildman–Crippen MR) is 162 cm³/mol. The van der Waals surface area contributed by atoms with Gasteiger partial charge < -0.3 is 46.5 Å². The number of oxime groups is 1. The van der Waals surface area contributed by atoms with Crippen LogP contribution >= 0.6 is 34.7 Å². The number of carboxylic acid groups (broad SMARTS) is 2. The van der Waals surface area contributed by atoms with Gasteiger partial charge in [0.25, 0.3) is 11.8 Å². The molecule has 0 aliphatic carbocycles. The maximum absolute atomic E-state index is 13.3. The van der Waals surface area contributed by atoms with Crippen molar-refractivity contribution >= 4 is 86.3 Å². The highest BCUT2D eigenvalue weighted by atomic mass is 35.5. The number of hydrogen-bond acceptors (Lipinski definition) is 14. The Hall–Kier alpha value is -4.46. The van der Waals surface area contributed by atoms with Crippen molar-refractivity contribution in [2.45, 2.75) is 31.0 Å². The summed E-state index contributed by atoms with van der Waals surface area (Å²) in [7, 11) is 1.85. The van der Waals surface area contributed by atoms with Crippen LogP contribution < -0.4 is 31.4 Å². The van der Waals surface area contributed by atoms with Gasteiger partial charge >= 0.3 is 5.97 Å². The van der Waals surface area contributed by atoms with Crippen LogP contribution in [0.1, 0.15) is 12.6 Å². The van der Waals surface area contributed by atoms with E-state index in [1.807, 2.05) is 7.05 Å². The number of fused-ring (bicyclic) bond motifs is 2. The molecule has 3 aromatic heterocycles. The molecule has 2 aliphatic heterocycles. The molecule has 5 heterocycles. The molecule has 0 spiro atoms. The van der Waals surface area contributed by atoms with Gasteiger partial charge in [-0.05, 0) is 14.0 Å². The lowest BCUT2D eigenvalue weighted by Crippen LogP contribution is -2.71. The number of nitrogens with zero attached hydrogens (tertiary/aromatic N) is 5. The lowest BCUT2D eigenvalue weighted by atomic mass is 10.0. The van der Waals surface area contributed by atoms with Gasteiger partial charge in [0.1, 0.15) is 32.5 Å². The zero-order chi connectivity index (χ0) is 32.4. The molecule has 1 fully saturated rings. The molecule has 20 heteroatoms. The van der Waals surface area contributed by atoms with Crippen LogP contribution in [0, 0.1) is 0 Å². The number of aromatic nitrogens is 4. The van der Waals surface area contributed by atoms with Crippen LogP contribution in [0.3, 0.4) is 0 Å². The molecule has 0 aromatic carbocycles. The van der Waals surface area contributed by atoms with E-state index in [2.05, 4.69) is 36.1 Å². The van der Waals surface area contributed by atoms with Gasteiger partial charge in [-0.25, -0.2) is 14.8 Å². The third-order valence-corrected chi connectivity index (χ3v) is 9.16. The number of β-lactam (4-membered cyclic amide) rings is 1. The van der Waals surface area contributed by atoms with Gasteiger partial charge in [0.15, 0.2) is 29.8 Å². The molecule has 0 saturated carbocycles. The van der Waals surface area contributed by atoms with Crippen molar-refractivity contribution < 1.29 is 38.8 Å². The van der Waals surface area contributed by atoms with E-state index in [-0.39, 0.29) is 33.2 Å². The Kier molecular flexibility index (Phi) is 9.42. The van der Waals surface area contributed by atoms with E-state index in [1.54, 1.807) is 23.0 Å². The summed E-state index contributed by atoms with van der Waals surface area (Å²) in [4.78, 5) is 67.6. The van der Waals surface area contributed by atoms with E-state index in [1.165, 1.54) is 18.7 Å². The van der Waals surface area contributed by atoms with Crippen LogP contribution in [0.15, 0.2) is 34.9 Å². The van der Waals surface area contributed by atoms with Gasteiger partial charge in [-0.3, -0.25) is 14.5 Å². The maximum atomic E-state index is 13.3. The number of H-pyrrole nitrogens is 1. The largest absolute Gasteiger partial charge is 0.543 e. The Morgan fingerprint density at radius 3 is 2.82 bits per heavy atom. The number of likely N-dealkylation sites (N-methyl/N-ethyl adjacent to an activating group) is 1. The standard InChI is InChI=1S/C25H27ClN10O7S2/c1-10(22(39)40)43-34-15(14-18(26)45-24(27)33-14)19(37)32-16-20(38)36-17(23(41)42)11(9-44-21(16)36)7-35-6-3-12-13(8-35)31-25(30-12)29-5-4-28-2/h3,6,8,10,16,21,28H,4-5,7,9H2,1-2H3,(H6,27,29,31,32,33,37,39,40,41,42)/b34-15-/t10-,16+,21?/m0/s1. The zero-order valence-electron chi connectivity index (χ0n) is 23.7. The molecule has 5 rings (SSSR count). The Morgan fingerprint density at radius 1 is 1.38 bits per heavy atom. The molecule has 17 nitrogen and oxygen atoms in total. The number of aliphatic carboxylic acids is 2. The minimum absolute atomic E-state index is 0.0120. The molecule has 238 valence electrons. The number of pyridine rings is 1. The Bertz CT molecular complexity index is 1740. The molecule has 3 aromatic rings. The number of aromatic amines is 1. The van der Waals surface area contributed by atoms with Crippen molar-refractivity contribution in [3.8, 4) is 0 Å². The average Bonchev–Trinajstić information content (AvgIpc) is 3.56. The molecule has 0 radical (unpaired) electrons. The van der Waals surface area contributed by atoms with E-state index in [9.17, 15) is 24.3 Å². The van der Waals surface area contributed by atoms with Crippen molar-refractivity contribution in [3.05, 3.63) is 39.8 Å². The van der Waals surface area contributed by atoms with Crippen molar-refractivity contribution in [1.82, 2.24) is 30.5 Å². The number of carbonyl (C=O) groups is 4. The first kappa shape index (κ1) is 31.9. The van der Waals surface area contributed by atoms with Gasteiger partial charge in [-0.15, -0.1) is 11.8 Å². The highest BCUT2D eigenvalue weighted by Gasteiger charge is 2.53. The van der Waals surface area contributed by atoms with Gasteiger partial charge in [0.05, 0.1) is 11.7 Å². The van der Waals surface area contributed by atoms with Crippen LogP contribution in [-0.4, -0.2) is 97.8 Å². The summed E-state index contributed by atoms with van der Waals surface area (Å²) >= 11 is 8.26. The second-order valence-electron chi connectivity index (χ2n) is 9.83. The minimum Gasteiger partial charge on any atom is -0.543 e. The van der Waals surface area contributed by atoms with Crippen LogP contribution in [0.25, 0.3) is 11.0 Å². The summed E-state index contributed by atoms with van der Waals surface area (Å²) < 4.78 is 1.76. The number of amides is 2. The number of thiazole rings is 1. The van der Waals surface area contributed by atoms with Gasteiger partial charge in [-0.1, -0.05) is 28.1 Å². The van der Waals surface area contributed by atoms with E-state index in [0.717, 1.165) is 28.3 Å². The van der Waals surface area contributed by atoms with Crippen molar-refractivity contribution in [1.29, 1.82) is 0 Å². The van der Waals surface area contributed by atoms with Crippen LogP contribution in [0.2, 0.25) is 4.34 Å². The number of nitrogen functional groups attached to an aromatic ring is 1. The molecule has 2 amide bonds. The first-order chi connectivity index (χ1) is 21.5. The first-order valence-electron chi connectivity index (χ1n) is 13.3. The fourth-order valence-electron chi connectivity index (χ4n) is 4.54. The Balaban J connectivity index is 1.33. The molecule has 2 aliphatic rings. The minimum atomic E-state index is -1.53. The number of imidazole rings is 1. The third-order valence-electron chi connectivity index (χ3n) is 6.74. The topological polar surface area (TPSA) is 244 Å². The van der Waals surface area contributed by atoms with E-state index >= 15 is 0 Å². The molecule has 45 heavy (non-hydrogen) atoms. The van der Waals surface area contributed by atoms with Crippen LogP contribution in [0.4, 0.5) is 11.1 Å². The van der Waals surface area contributed by atoms with Gasteiger partial charge in [-0.2, -0.15) is 4.57 Å². The van der Waals surface area contributed by atoms with Gasteiger partial charge in [0.2, 0.25) is 12.1 Å². The number of anilines is 2. The molecule has 3 atom stereocenters. The molecule has 1 saturated heterocycles. The second-order valence-corrected chi connectivity index (χ2v) is 12.6. The number of carboxylic acids is 2. The lowest BCUT2D eigenvalue weighted by Gasteiger charge is -2.50. The number of rotatable bonds is 13. The zero-order valence-corrected chi connectivity index (χ0v) is 26.1. The summed E-state index contributed by atoms with van der Waals surface area (Å²) in [5.74, 6) is -3.69. The van der Waals surface area contributed by atoms with Gasteiger partial charge in [0, 0.05) is 30.5 Å². The number of nitrogens with one attached hydrogen (secondary N) is 4. The normalized spacial score (nSPS) is 18.8. The van der Waals surface area contributed by atoms with Crippen molar-refractivity contribution in [2.24, 2.45) is 5.16 Å². The number of nitrogens with two attached hydrogens (primary N) is 1. The quantitative estimate of drug-likeness (QED) is 0.0396. The first-order valence-corrected chi connectivity index (χ1v) is 15.6. The summed E-state index contributed by atoms with van der Waals surface area (Å²) in [5, 5.41) is 33.0. The SMILES string of the molecule is CNCCNc1nc2cc[n+](CC3=C(C(=O)[O-])N4C(=O)[C@@H](NC(=O)/C(=N\O[C@@H](C)C(=O)O)c5nc(N)sc5Cl)C4SC3)cc2[nH]1. The average molecular weight is 679 g/mol. The lowest BCUT2D eigenvalue weighted by molar-refractivity contribution is -0.687. The monoisotopic (exact) mass is 678 g/mol. The molecule has 7 N–H and O–H groups in total. The summed E-state index contributed by atoms with van der Waals surface area (Å²) in [6, 6.07) is 0.647. The summed E-state index contributed by atoms with van der Waals surface area (Å²) in [6.45, 7) is 2.77. The highest BCUT2D eigenvalue weighted by Crippen LogP contribution is 2.40. The summed E-state index contributed by atoms with van der Waals surface area (Å²) in [6.07, 6.45) is 2.12. The van der Waals surface area contributed by atoms with Crippen molar-refractivity contribution in [3.63, 3.8) is 0 Å². The van der Waals surface area contributed by atoms with E-state index in [4.69, 9.17) is 27.3 Å². The van der Waals surface area contributed by atoms with E-state index < -0.39 is 47.0 Å². The molecular weight excluding hydrogens is 652 g/mol. The highest BCUT2D eigenvalue weighted by molar-refractivity contribution is 8.00. The maximum Gasteiger partial charge on any atom is 0.347 e. The summed E-state index contributed by atoms with van der Waals surface area (Å²) in [5.41, 5.74) is 6.63.